The molecule has 2 unspecified atom stereocenters. The minimum absolute atomic E-state index is 0.0247. The van der Waals surface area contributed by atoms with E-state index in [4.69, 9.17) is 14.2 Å². The summed E-state index contributed by atoms with van der Waals surface area (Å²) in [6.07, 6.45) is 0.0247. The Hall–Kier alpha value is -3.39. The van der Waals surface area contributed by atoms with Gasteiger partial charge in [0.05, 0.1) is 33.8 Å². The molecule has 0 saturated heterocycles. The summed E-state index contributed by atoms with van der Waals surface area (Å²) < 4.78 is 15.4. The molecule has 1 amide bonds. The number of hydrogen-bond donors (Lipinski definition) is 2. The van der Waals surface area contributed by atoms with E-state index in [0.717, 1.165) is 5.56 Å². The molecule has 8 nitrogen and oxygen atoms in total. The number of hydrogen-bond acceptors (Lipinski definition) is 7. The Morgan fingerprint density at radius 2 is 1.58 bits per heavy atom. The van der Waals surface area contributed by atoms with E-state index in [-0.39, 0.29) is 18.1 Å². The van der Waals surface area contributed by atoms with E-state index in [0.29, 0.717) is 22.7 Å². The zero-order valence-electron chi connectivity index (χ0n) is 18.4. The third-order valence-corrected chi connectivity index (χ3v) is 4.81. The van der Waals surface area contributed by atoms with Gasteiger partial charge >= 0.3 is 5.97 Å². The number of rotatable bonds is 10. The first-order chi connectivity index (χ1) is 14.8. The number of ether oxygens (including phenoxy) is 3. The monoisotopic (exact) mass is 428 g/mol. The summed E-state index contributed by atoms with van der Waals surface area (Å²) in [6.45, 7) is 3.18. The van der Waals surface area contributed by atoms with E-state index >= 15 is 0 Å². The second-order valence-electron chi connectivity index (χ2n) is 6.96. The summed E-state index contributed by atoms with van der Waals surface area (Å²) in [7, 11) is 4.38. The Morgan fingerprint density at radius 1 is 0.935 bits per heavy atom. The van der Waals surface area contributed by atoms with Gasteiger partial charge in [-0.3, -0.25) is 19.7 Å². The van der Waals surface area contributed by atoms with Crippen LogP contribution in [0.25, 0.3) is 0 Å². The van der Waals surface area contributed by atoms with Crippen LogP contribution in [-0.4, -0.2) is 45.0 Å². The van der Waals surface area contributed by atoms with Crippen molar-refractivity contribution in [1.29, 1.82) is 0 Å². The normalized spacial score (nSPS) is 12.4. The molecule has 0 heterocycles. The third kappa shape index (κ3) is 6.55. The van der Waals surface area contributed by atoms with Crippen LogP contribution < -0.4 is 20.1 Å². The van der Waals surface area contributed by atoms with E-state index in [1.807, 2.05) is 0 Å². The van der Waals surface area contributed by atoms with Gasteiger partial charge in [-0.2, -0.15) is 0 Å². The largest absolute Gasteiger partial charge is 0.493 e. The lowest BCUT2D eigenvalue weighted by Gasteiger charge is -2.23. The molecule has 0 aliphatic heterocycles. The maximum Gasteiger partial charge on any atom is 0.307 e. The van der Waals surface area contributed by atoms with E-state index in [1.54, 1.807) is 49.4 Å². The smallest absolute Gasteiger partial charge is 0.307 e. The first-order valence-electron chi connectivity index (χ1n) is 9.75. The number of esters is 1. The summed E-state index contributed by atoms with van der Waals surface area (Å²) in [5.41, 5.74) is 1.88. The highest BCUT2D eigenvalue weighted by molar-refractivity contribution is 5.97. The molecule has 2 atom stereocenters. The molecule has 0 aromatic heterocycles. The molecule has 2 aromatic carbocycles. The number of benzene rings is 2. The van der Waals surface area contributed by atoms with Crippen LogP contribution in [0, 0.1) is 0 Å². The number of methoxy groups -OCH3 is 3. The predicted molar refractivity (Wildman–Crippen MR) is 117 cm³/mol. The number of nitrogens with one attached hydrogen (secondary N) is 2. The van der Waals surface area contributed by atoms with Crippen molar-refractivity contribution in [1.82, 2.24) is 5.32 Å². The summed E-state index contributed by atoms with van der Waals surface area (Å²) in [5.74, 6) is 0.321. The molecule has 0 aliphatic rings. The van der Waals surface area contributed by atoms with Crippen molar-refractivity contribution >= 4 is 23.3 Å². The molecule has 0 bridgehead atoms. The quantitative estimate of drug-likeness (QED) is 0.443. The molecule has 0 saturated carbocycles. The molecular formula is C23H28N2O6. The summed E-state index contributed by atoms with van der Waals surface area (Å²) in [4.78, 5) is 36.0. The van der Waals surface area contributed by atoms with Crippen molar-refractivity contribution < 1.29 is 28.6 Å². The fourth-order valence-corrected chi connectivity index (χ4v) is 3.01. The molecule has 0 fully saturated rings. The summed E-state index contributed by atoms with van der Waals surface area (Å²) in [6, 6.07) is 10.8. The van der Waals surface area contributed by atoms with Crippen molar-refractivity contribution in [3.63, 3.8) is 0 Å². The Balaban J connectivity index is 2.16. The average Bonchev–Trinajstić information content (AvgIpc) is 2.78. The zero-order valence-corrected chi connectivity index (χ0v) is 18.4. The van der Waals surface area contributed by atoms with Crippen LogP contribution in [0.5, 0.6) is 11.5 Å². The van der Waals surface area contributed by atoms with Crippen molar-refractivity contribution in [2.45, 2.75) is 32.4 Å². The SMILES string of the molecule is COC(=O)CC(NC(C)C(=O)Nc1ccc(C(C)=O)cc1)c1ccc(OC)c(OC)c1. The second-order valence-corrected chi connectivity index (χ2v) is 6.96. The van der Waals surface area contributed by atoms with Gasteiger partial charge in [-0.1, -0.05) is 6.07 Å². The first kappa shape index (κ1) is 23.9. The number of amides is 1. The summed E-state index contributed by atoms with van der Waals surface area (Å²) in [5, 5.41) is 5.97. The van der Waals surface area contributed by atoms with Gasteiger partial charge in [-0.15, -0.1) is 0 Å². The molecule has 166 valence electrons. The highest BCUT2D eigenvalue weighted by atomic mass is 16.5. The molecule has 0 spiro atoms. The maximum atomic E-state index is 12.7. The van der Waals surface area contributed by atoms with E-state index < -0.39 is 18.1 Å². The van der Waals surface area contributed by atoms with Gasteiger partial charge < -0.3 is 19.5 Å². The third-order valence-electron chi connectivity index (χ3n) is 4.81. The summed E-state index contributed by atoms with van der Waals surface area (Å²) >= 11 is 0. The highest BCUT2D eigenvalue weighted by Gasteiger charge is 2.23. The molecule has 0 aliphatic carbocycles. The minimum atomic E-state index is -0.629. The lowest BCUT2D eigenvalue weighted by molar-refractivity contribution is -0.141. The number of ketones is 1. The highest BCUT2D eigenvalue weighted by Crippen LogP contribution is 2.31. The zero-order chi connectivity index (χ0) is 23.0. The van der Waals surface area contributed by atoms with Gasteiger partial charge in [0.15, 0.2) is 17.3 Å². The van der Waals surface area contributed by atoms with Crippen LogP contribution in [0.2, 0.25) is 0 Å². The average molecular weight is 428 g/mol. The van der Waals surface area contributed by atoms with Crippen LogP contribution in [-0.2, 0) is 14.3 Å². The lowest BCUT2D eigenvalue weighted by Crippen LogP contribution is -2.41. The van der Waals surface area contributed by atoms with Crippen molar-refractivity contribution in [2.75, 3.05) is 26.6 Å². The first-order valence-corrected chi connectivity index (χ1v) is 9.75. The van der Waals surface area contributed by atoms with Gasteiger partial charge in [0.2, 0.25) is 5.91 Å². The standard InChI is InChI=1S/C23H28N2O6/c1-14(23(28)25-18-9-6-16(7-10-18)15(2)26)24-19(13-22(27)31-5)17-8-11-20(29-3)21(12-17)30-4/h6-12,14,19,24H,13H2,1-5H3,(H,25,28). The number of anilines is 1. The fourth-order valence-electron chi connectivity index (χ4n) is 3.01. The predicted octanol–water partition coefficient (Wildman–Crippen LogP) is 3.13. The van der Waals surface area contributed by atoms with Crippen LogP contribution in [0.4, 0.5) is 5.69 Å². The second kappa shape index (κ2) is 11.1. The van der Waals surface area contributed by atoms with Gasteiger partial charge in [-0.05, 0) is 55.8 Å². The van der Waals surface area contributed by atoms with E-state index in [9.17, 15) is 14.4 Å². The van der Waals surface area contributed by atoms with Crippen LogP contribution in [0.3, 0.4) is 0 Å². The molecule has 2 N–H and O–H groups in total. The lowest BCUT2D eigenvalue weighted by atomic mass is 10.0. The van der Waals surface area contributed by atoms with E-state index in [2.05, 4.69) is 10.6 Å². The number of carbonyl (C=O) groups is 3. The Morgan fingerprint density at radius 3 is 2.13 bits per heavy atom. The molecule has 2 aromatic rings. The van der Waals surface area contributed by atoms with Crippen LogP contribution in [0.15, 0.2) is 42.5 Å². The van der Waals surface area contributed by atoms with Crippen molar-refractivity contribution in [3.8, 4) is 11.5 Å². The fraction of sp³-hybridized carbons (Fsp3) is 0.348. The van der Waals surface area contributed by atoms with Crippen LogP contribution in [0.1, 0.15) is 42.2 Å². The molecule has 31 heavy (non-hydrogen) atoms. The van der Waals surface area contributed by atoms with Gasteiger partial charge in [0.1, 0.15) is 0 Å². The Kier molecular flexibility index (Phi) is 8.57. The van der Waals surface area contributed by atoms with Crippen molar-refractivity contribution in [2.24, 2.45) is 0 Å². The van der Waals surface area contributed by atoms with Crippen LogP contribution >= 0.6 is 0 Å². The minimum Gasteiger partial charge on any atom is -0.493 e. The van der Waals surface area contributed by atoms with E-state index in [1.165, 1.54) is 28.3 Å². The molecule has 8 heteroatoms. The van der Waals surface area contributed by atoms with Crippen molar-refractivity contribution in [3.05, 3.63) is 53.6 Å². The maximum absolute atomic E-state index is 12.7. The Labute approximate surface area is 181 Å². The molecular weight excluding hydrogens is 400 g/mol. The number of Topliss-reactive ketones (excluding diaryl/α,β-unsaturated/α-hetero) is 1. The topological polar surface area (TPSA) is 103 Å². The van der Waals surface area contributed by atoms with Gasteiger partial charge in [0, 0.05) is 17.3 Å². The molecule has 2 rings (SSSR count). The Bertz CT molecular complexity index is 926. The van der Waals surface area contributed by atoms with Gasteiger partial charge in [-0.25, -0.2) is 0 Å². The van der Waals surface area contributed by atoms with Gasteiger partial charge in [0.25, 0.3) is 0 Å². The molecule has 0 radical (unpaired) electrons. The number of carbonyl (C=O) groups excluding carboxylic acids is 3.